The zero-order chi connectivity index (χ0) is 23.3. The molecule has 0 saturated heterocycles. The highest BCUT2D eigenvalue weighted by Gasteiger charge is 2.60. The zero-order valence-corrected chi connectivity index (χ0v) is 18.7. The maximum atomic E-state index is 13.4. The number of carbonyl (C=O) groups is 2. The van der Waals surface area contributed by atoms with Crippen LogP contribution in [0.3, 0.4) is 0 Å². The summed E-state index contributed by atoms with van der Waals surface area (Å²) in [7, 11) is 0. The van der Waals surface area contributed by atoms with Crippen LogP contribution in [-0.4, -0.2) is 11.9 Å². The molecule has 0 aromatic heterocycles. The van der Waals surface area contributed by atoms with Gasteiger partial charge in [-0.1, -0.05) is 84.9 Å². The number of ether oxygens (including phenoxy) is 2. The molecule has 1 aliphatic heterocycles. The van der Waals surface area contributed by atoms with Crippen LogP contribution in [0.1, 0.15) is 68.7 Å². The summed E-state index contributed by atoms with van der Waals surface area (Å²) in [6.45, 7) is 0. The quantitative estimate of drug-likeness (QED) is 0.199. The minimum absolute atomic E-state index is 0.0353. The molecule has 0 saturated carbocycles. The average Bonchev–Trinajstić information content (AvgIpc) is 2.87. The molecule has 0 radical (unpaired) electrons. The lowest BCUT2D eigenvalue weighted by Crippen LogP contribution is -2.49. The summed E-state index contributed by atoms with van der Waals surface area (Å²) >= 11 is 0. The van der Waals surface area contributed by atoms with Gasteiger partial charge in [0.1, 0.15) is 12.2 Å². The van der Waals surface area contributed by atoms with E-state index in [0.717, 1.165) is 22.3 Å². The Morgan fingerprint density at radius 1 is 0.600 bits per heavy atom. The molecule has 2 atom stereocenters. The molecule has 11 rings (SSSR count). The first-order valence-electron chi connectivity index (χ1n) is 12.0. The average molecular weight is 456 g/mol. The van der Waals surface area contributed by atoms with E-state index in [9.17, 15) is 9.59 Å². The normalized spacial score (nSPS) is 26.6. The first kappa shape index (κ1) is 19.2. The van der Waals surface area contributed by atoms with Crippen LogP contribution in [0.2, 0.25) is 0 Å². The smallest absolute Gasteiger partial charge is 0.322 e. The van der Waals surface area contributed by atoms with Crippen LogP contribution in [0, 0.1) is 0 Å². The van der Waals surface area contributed by atoms with Gasteiger partial charge in [-0.3, -0.25) is 9.59 Å². The summed E-state index contributed by atoms with van der Waals surface area (Å²) < 4.78 is 12.5. The molecule has 7 bridgehead atoms. The van der Waals surface area contributed by atoms with Gasteiger partial charge in [0, 0.05) is 28.5 Å². The van der Waals surface area contributed by atoms with Gasteiger partial charge in [-0.25, -0.2) is 0 Å². The van der Waals surface area contributed by atoms with Crippen LogP contribution in [0.4, 0.5) is 0 Å². The molecule has 168 valence electrons. The molecular formula is C31H20O4. The minimum atomic E-state index is -1.12. The van der Waals surface area contributed by atoms with Crippen LogP contribution in [0.15, 0.2) is 91.0 Å². The van der Waals surface area contributed by atoms with Gasteiger partial charge >= 0.3 is 11.9 Å². The van der Waals surface area contributed by atoms with E-state index in [1.165, 1.54) is 22.3 Å². The minimum Gasteiger partial charge on any atom is -0.448 e. The van der Waals surface area contributed by atoms with Crippen LogP contribution in [-0.2, 0) is 19.9 Å². The largest absolute Gasteiger partial charge is 0.448 e. The Morgan fingerprint density at radius 2 is 1.20 bits per heavy atom. The second-order valence-electron chi connectivity index (χ2n) is 9.81. The van der Waals surface area contributed by atoms with Crippen molar-refractivity contribution in [2.24, 2.45) is 0 Å². The van der Waals surface area contributed by atoms with Crippen molar-refractivity contribution in [3.8, 4) is 5.75 Å². The Hall–Kier alpha value is -4.18. The molecule has 4 nitrogen and oxygen atoms in total. The number of hydrogen-bond donors (Lipinski definition) is 0. The fourth-order valence-corrected chi connectivity index (χ4v) is 7.25. The Kier molecular flexibility index (Phi) is 3.55. The van der Waals surface area contributed by atoms with Crippen molar-refractivity contribution in [2.45, 2.75) is 29.8 Å². The molecule has 4 aromatic carbocycles. The predicted molar refractivity (Wildman–Crippen MR) is 128 cm³/mol. The highest BCUT2D eigenvalue weighted by atomic mass is 16.6. The van der Waals surface area contributed by atoms with Gasteiger partial charge < -0.3 is 9.47 Å². The van der Waals surface area contributed by atoms with Gasteiger partial charge in [0.15, 0.2) is 5.60 Å². The summed E-state index contributed by atoms with van der Waals surface area (Å²) in [4.78, 5) is 26.2. The first-order chi connectivity index (χ1) is 17.2. The summed E-state index contributed by atoms with van der Waals surface area (Å²) in [6, 6.07) is 31.2. The van der Waals surface area contributed by atoms with Crippen molar-refractivity contribution in [3.63, 3.8) is 0 Å². The molecule has 0 amide bonds. The van der Waals surface area contributed by atoms with E-state index in [0.29, 0.717) is 5.75 Å². The maximum absolute atomic E-state index is 13.4. The monoisotopic (exact) mass is 456 g/mol. The lowest BCUT2D eigenvalue weighted by Gasteiger charge is -2.55. The zero-order valence-electron chi connectivity index (χ0n) is 18.7. The van der Waals surface area contributed by atoms with Crippen molar-refractivity contribution in [1.82, 2.24) is 0 Å². The topological polar surface area (TPSA) is 52.6 Å². The molecule has 7 aliphatic rings. The molecule has 2 unspecified atom stereocenters. The van der Waals surface area contributed by atoms with Gasteiger partial charge in [-0.15, -0.1) is 0 Å². The number of benzene rings is 4. The SMILES string of the molecule is O=C1CC(=O)OC23c4ccccc4C(c4c(cccc42)O1)C1c2ccccc2C3c2ccccc21. The third kappa shape index (κ3) is 2.23. The van der Waals surface area contributed by atoms with Crippen LogP contribution in [0.5, 0.6) is 5.75 Å². The third-order valence-electron chi connectivity index (χ3n) is 8.28. The number of carbonyl (C=O) groups excluding carboxylic acids is 2. The second-order valence-corrected chi connectivity index (χ2v) is 9.81. The maximum Gasteiger partial charge on any atom is 0.322 e. The van der Waals surface area contributed by atoms with E-state index < -0.39 is 24.0 Å². The fourth-order valence-electron chi connectivity index (χ4n) is 7.25. The highest BCUT2D eigenvalue weighted by molar-refractivity contribution is 5.93. The second kappa shape index (κ2) is 6.48. The van der Waals surface area contributed by atoms with E-state index in [1.54, 1.807) is 0 Å². The van der Waals surface area contributed by atoms with Crippen molar-refractivity contribution >= 4 is 11.9 Å². The van der Waals surface area contributed by atoms with Crippen LogP contribution < -0.4 is 4.74 Å². The van der Waals surface area contributed by atoms with Gasteiger partial charge in [0.25, 0.3) is 0 Å². The molecule has 6 aliphatic carbocycles. The number of hydrogen-bond acceptors (Lipinski definition) is 4. The summed E-state index contributed by atoms with van der Waals surface area (Å²) in [5.41, 5.74) is 7.69. The molecule has 0 fully saturated rings. The molecule has 35 heavy (non-hydrogen) atoms. The number of esters is 2. The first-order valence-corrected chi connectivity index (χ1v) is 12.0. The standard InChI is InChI=1S/C31H20O4/c32-25-16-26(33)35-31-22-13-6-5-12-21(22)28(29-23(31)14-7-15-24(29)34-25)27-17-8-1-3-10-19(17)30(31)20-11-4-2-9-18(20)27/h1-15,27-28,30H,16H2. The lowest BCUT2D eigenvalue weighted by atomic mass is 9.51. The molecule has 4 aromatic rings. The molecule has 1 heterocycles. The van der Waals surface area contributed by atoms with E-state index in [1.807, 2.05) is 24.3 Å². The van der Waals surface area contributed by atoms with E-state index in [2.05, 4.69) is 66.7 Å². The number of rotatable bonds is 0. The van der Waals surface area contributed by atoms with Crippen molar-refractivity contribution < 1.29 is 19.1 Å². The van der Waals surface area contributed by atoms with Crippen LogP contribution >= 0.6 is 0 Å². The summed E-state index contributed by atoms with van der Waals surface area (Å²) in [5.74, 6) is -0.964. The van der Waals surface area contributed by atoms with Gasteiger partial charge in [0.05, 0.1) is 5.92 Å². The van der Waals surface area contributed by atoms with E-state index >= 15 is 0 Å². The lowest BCUT2D eigenvalue weighted by molar-refractivity contribution is -0.162. The summed E-state index contributed by atoms with van der Waals surface area (Å²) in [6.07, 6.45) is -0.425. The van der Waals surface area contributed by atoms with Crippen LogP contribution in [0.25, 0.3) is 0 Å². The van der Waals surface area contributed by atoms with Gasteiger partial charge in [0.2, 0.25) is 0 Å². The van der Waals surface area contributed by atoms with Crippen molar-refractivity contribution in [2.75, 3.05) is 0 Å². The molecular weight excluding hydrogens is 436 g/mol. The highest BCUT2D eigenvalue weighted by Crippen LogP contribution is 2.67. The Bertz CT molecular complexity index is 1550. The molecule has 0 N–H and O–H groups in total. The van der Waals surface area contributed by atoms with Gasteiger partial charge in [-0.2, -0.15) is 0 Å². The van der Waals surface area contributed by atoms with Crippen molar-refractivity contribution in [3.05, 3.63) is 136 Å². The Balaban J connectivity index is 1.63. The molecule has 4 heteroatoms. The van der Waals surface area contributed by atoms with E-state index in [-0.39, 0.29) is 17.8 Å². The Labute approximate surface area is 202 Å². The predicted octanol–water partition coefficient (Wildman–Crippen LogP) is 5.52. The third-order valence-corrected chi connectivity index (χ3v) is 8.28. The fraction of sp³-hybridized carbons (Fsp3) is 0.161. The van der Waals surface area contributed by atoms with Crippen molar-refractivity contribution in [1.29, 1.82) is 0 Å². The summed E-state index contributed by atoms with van der Waals surface area (Å²) in [5, 5.41) is 0. The molecule has 1 spiro atoms. The Morgan fingerprint density at radius 3 is 1.91 bits per heavy atom. The van der Waals surface area contributed by atoms with E-state index in [4.69, 9.17) is 9.47 Å². The van der Waals surface area contributed by atoms with Gasteiger partial charge in [-0.05, 0) is 33.9 Å².